The largest absolute Gasteiger partial charge is 0.364 e. The van der Waals surface area contributed by atoms with Crippen LogP contribution in [0.15, 0.2) is 11.7 Å². The van der Waals surface area contributed by atoms with Gasteiger partial charge in [0.15, 0.2) is 0 Å². The molecule has 0 amide bonds. The number of aromatic nitrogens is 3. The number of hydrogen-bond donors (Lipinski definition) is 2. The molecule has 0 fully saturated rings. The Hall–Kier alpha value is -2.29. The van der Waals surface area contributed by atoms with Gasteiger partial charge < -0.3 is 10.6 Å². The highest BCUT2D eigenvalue weighted by atomic mass is 32.1. The summed E-state index contributed by atoms with van der Waals surface area (Å²) in [6, 6.07) is 0. The summed E-state index contributed by atoms with van der Waals surface area (Å²) in [6.45, 7) is 4.87. The summed E-state index contributed by atoms with van der Waals surface area (Å²) in [6.07, 6.45) is 1.99. The van der Waals surface area contributed by atoms with E-state index >= 15 is 0 Å². The van der Waals surface area contributed by atoms with E-state index in [4.69, 9.17) is 0 Å². The van der Waals surface area contributed by atoms with Crippen LogP contribution in [0.3, 0.4) is 0 Å². The Bertz CT molecular complexity index is 630. The summed E-state index contributed by atoms with van der Waals surface area (Å²) in [5.74, 6) is 0.447. The molecule has 0 spiro atoms. The molecule has 0 aliphatic heterocycles. The summed E-state index contributed by atoms with van der Waals surface area (Å²) in [5.41, 5.74) is 0.836. The number of nitrogens with one attached hydrogen (secondary N) is 2. The van der Waals surface area contributed by atoms with Crippen molar-refractivity contribution >= 4 is 28.7 Å². The van der Waals surface area contributed by atoms with Gasteiger partial charge >= 0.3 is 5.69 Å². The number of anilines is 2. The molecule has 2 rings (SSSR count). The van der Waals surface area contributed by atoms with E-state index in [2.05, 4.69) is 25.6 Å². The number of hydrogen-bond acceptors (Lipinski definition) is 8. The van der Waals surface area contributed by atoms with E-state index in [0.717, 1.165) is 10.7 Å². The Morgan fingerprint density at radius 2 is 2.05 bits per heavy atom. The zero-order valence-corrected chi connectivity index (χ0v) is 12.6. The SMILES string of the molecule is CCNc1ncnc(NCCc2csc(C)n2)c1[N+](=O)[O-]. The van der Waals surface area contributed by atoms with Gasteiger partial charge in [0, 0.05) is 24.9 Å². The fourth-order valence-electron chi connectivity index (χ4n) is 1.81. The zero-order valence-electron chi connectivity index (χ0n) is 11.8. The molecule has 0 atom stereocenters. The lowest BCUT2D eigenvalue weighted by Crippen LogP contribution is -2.11. The van der Waals surface area contributed by atoms with E-state index in [1.54, 1.807) is 11.3 Å². The first kappa shape index (κ1) is 15.1. The number of rotatable bonds is 7. The van der Waals surface area contributed by atoms with Crippen LogP contribution < -0.4 is 10.6 Å². The van der Waals surface area contributed by atoms with Gasteiger partial charge in [0.1, 0.15) is 6.33 Å². The fourth-order valence-corrected chi connectivity index (χ4v) is 2.46. The Labute approximate surface area is 125 Å². The maximum Gasteiger partial charge on any atom is 0.353 e. The normalized spacial score (nSPS) is 10.4. The molecule has 9 heteroatoms. The van der Waals surface area contributed by atoms with E-state index in [1.165, 1.54) is 6.33 Å². The predicted molar refractivity (Wildman–Crippen MR) is 81.9 cm³/mol. The van der Waals surface area contributed by atoms with Gasteiger partial charge in [0.25, 0.3) is 0 Å². The lowest BCUT2D eigenvalue weighted by atomic mass is 10.3. The van der Waals surface area contributed by atoms with Crippen molar-refractivity contribution < 1.29 is 4.92 Å². The molecule has 8 nitrogen and oxygen atoms in total. The van der Waals surface area contributed by atoms with Gasteiger partial charge in [-0.15, -0.1) is 11.3 Å². The highest BCUT2D eigenvalue weighted by Gasteiger charge is 2.22. The van der Waals surface area contributed by atoms with Gasteiger partial charge in [0.05, 0.1) is 15.6 Å². The lowest BCUT2D eigenvalue weighted by Gasteiger charge is -2.08. The zero-order chi connectivity index (χ0) is 15.2. The minimum atomic E-state index is -0.479. The average Bonchev–Trinajstić information content (AvgIpc) is 2.85. The van der Waals surface area contributed by atoms with Crippen molar-refractivity contribution in [3.63, 3.8) is 0 Å². The third kappa shape index (κ3) is 3.85. The van der Waals surface area contributed by atoms with E-state index in [9.17, 15) is 10.1 Å². The van der Waals surface area contributed by atoms with Crippen LogP contribution in [0.2, 0.25) is 0 Å². The second-order valence-electron chi connectivity index (χ2n) is 4.24. The molecule has 2 N–H and O–H groups in total. The molecule has 0 unspecified atom stereocenters. The van der Waals surface area contributed by atoms with Crippen molar-refractivity contribution in [1.82, 2.24) is 15.0 Å². The lowest BCUT2D eigenvalue weighted by molar-refractivity contribution is -0.383. The van der Waals surface area contributed by atoms with Crippen LogP contribution in [-0.2, 0) is 6.42 Å². The van der Waals surface area contributed by atoms with E-state index in [-0.39, 0.29) is 17.3 Å². The molecule has 0 aliphatic rings. The quantitative estimate of drug-likeness (QED) is 0.596. The first-order valence-corrected chi connectivity index (χ1v) is 7.38. The molecule has 2 aromatic heterocycles. The number of nitrogens with zero attached hydrogens (tertiary/aromatic N) is 4. The minimum absolute atomic E-state index is 0.131. The summed E-state index contributed by atoms with van der Waals surface area (Å²) >= 11 is 1.59. The van der Waals surface area contributed by atoms with Crippen LogP contribution in [0.5, 0.6) is 0 Å². The van der Waals surface area contributed by atoms with Crippen molar-refractivity contribution in [3.8, 4) is 0 Å². The van der Waals surface area contributed by atoms with Crippen LogP contribution >= 0.6 is 11.3 Å². The molecule has 2 aromatic rings. The van der Waals surface area contributed by atoms with Crippen LogP contribution in [0.25, 0.3) is 0 Å². The molecular formula is C12H16N6O2S. The second-order valence-corrected chi connectivity index (χ2v) is 5.30. The highest BCUT2D eigenvalue weighted by Crippen LogP contribution is 2.28. The molecule has 2 heterocycles. The molecule has 112 valence electrons. The maximum absolute atomic E-state index is 11.2. The van der Waals surface area contributed by atoms with E-state index in [1.807, 2.05) is 19.2 Å². The maximum atomic E-state index is 11.2. The molecule has 21 heavy (non-hydrogen) atoms. The van der Waals surface area contributed by atoms with Gasteiger partial charge in [-0.3, -0.25) is 10.1 Å². The van der Waals surface area contributed by atoms with Gasteiger partial charge in [-0.05, 0) is 13.8 Å². The monoisotopic (exact) mass is 308 g/mol. The summed E-state index contributed by atoms with van der Waals surface area (Å²) < 4.78 is 0. The Morgan fingerprint density at radius 3 is 2.62 bits per heavy atom. The number of nitro groups is 1. The standard InChI is InChI=1S/C12H16N6O2S/c1-3-13-11-10(18(19)20)12(16-7-15-11)14-5-4-9-6-21-8(2)17-9/h6-7H,3-5H2,1-2H3,(H2,13,14,15,16). The number of aryl methyl sites for hydroxylation is 1. The Balaban J connectivity index is 2.08. The third-order valence-electron chi connectivity index (χ3n) is 2.69. The molecule has 0 saturated carbocycles. The van der Waals surface area contributed by atoms with Crippen molar-refractivity contribution in [2.75, 3.05) is 23.7 Å². The van der Waals surface area contributed by atoms with Gasteiger partial charge in [0.2, 0.25) is 11.6 Å². The topological polar surface area (TPSA) is 106 Å². The highest BCUT2D eigenvalue weighted by molar-refractivity contribution is 7.09. The van der Waals surface area contributed by atoms with Gasteiger partial charge in [-0.2, -0.15) is 0 Å². The van der Waals surface area contributed by atoms with E-state index in [0.29, 0.717) is 19.5 Å². The van der Waals surface area contributed by atoms with Crippen molar-refractivity contribution in [2.45, 2.75) is 20.3 Å². The van der Waals surface area contributed by atoms with Crippen LogP contribution in [0.4, 0.5) is 17.3 Å². The Kier molecular flexibility index (Phi) is 4.99. The second kappa shape index (κ2) is 6.93. The summed E-state index contributed by atoms with van der Waals surface area (Å²) in [7, 11) is 0. The first-order valence-electron chi connectivity index (χ1n) is 6.50. The van der Waals surface area contributed by atoms with Crippen molar-refractivity contribution in [1.29, 1.82) is 0 Å². The number of thiazole rings is 1. The molecule has 0 saturated heterocycles. The molecule has 0 aliphatic carbocycles. The third-order valence-corrected chi connectivity index (χ3v) is 3.51. The smallest absolute Gasteiger partial charge is 0.353 e. The fraction of sp³-hybridized carbons (Fsp3) is 0.417. The molecule has 0 radical (unpaired) electrons. The Morgan fingerprint density at radius 1 is 1.33 bits per heavy atom. The summed E-state index contributed by atoms with van der Waals surface area (Å²) in [5, 5.41) is 20.0. The molecule has 0 aromatic carbocycles. The predicted octanol–water partition coefficient (Wildman–Crippen LogP) is 2.24. The summed E-state index contributed by atoms with van der Waals surface area (Å²) in [4.78, 5) is 22.9. The van der Waals surface area contributed by atoms with Gasteiger partial charge in [-0.25, -0.2) is 15.0 Å². The van der Waals surface area contributed by atoms with Crippen LogP contribution in [0, 0.1) is 17.0 Å². The van der Waals surface area contributed by atoms with Crippen molar-refractivity contribution in [2.24, 2.45) is 0 Å². The van der Waals surface area contributed by atoms with Crippen LogP contribution in [-0.4, -0.2) is 33.0 Å². The minimum Gasteiger partial charge on any atom is -0.364 e. The molecular weight excluding hydrogens is 292 g/mol. The van der Waals surface area contributed by atoms with Crippen LogP contribution in [0.1, 0.15) is 17.6 Å². The molecule has 0 bridgehead atoms. The van der Waals surface area contributed by atoms with Gasteiger partial charge in [-0.1, -0.05) is 0 Å². The van der Waals surface area contributed by atoms with Crippen molar-refractivity contribution in [3.05, 3.63) is 32.5 Å². The van der Waals surface area contributed by atoms with E-state index < -0.39 is 4.92 Å². The average molecular weight is 308 g/mol. The first-order chi connectivity index (χ1) is 10.1.